The highest BCUT2D eigenvalue weighted by atomic mass is 127. The maximum absolute atomic E-state index is 4.95. The Bertz CT molecular complexity index is 953. The Morgan fingerprint density at radius 2 is 1.90 bits per heavy atom. The maximum atomic E-state index is 4.95. The summed E-state index contributed by atoms with van der Waals surface area (Å²) in [5.74, 6) is 1.97. The Morgan fingerprint density at radius 3 is 2.73 bits per heavy atom. The van der Waals surface area contributed by atoms with Gasteiger partial charge in [0, 0.05) is 38.3 Å². The monoisotopic (exact) mass is 516 g/mol. The highest BCUT2D eigenvalue weighted by Gasteiger charge is 2.22. The molecule has 30 heavy (non-hydrogen) atoms. The summed E-state index contributed by atoms with van der Waals surface area (Å²) in [7, 11) is 0. The molecule has 0 radical (unpaired) electrons. The van der Waals surface area contributed by atoms with Crippen molar-refractivity contribution in [1.29, 1.82) is 0 Å². The van der Waals surface area contributed by atoms with Crippen LogP contribution in [-0.2, 0) is 25.8 Å². The molecule has 0 amide bonds. The van der Waals surface area contributed by atoms with E-state index >= 15 is 0 Å². The summed E-state index contributed by atoms with van der Waals surface area (Å²) in [6.45, 7) is 5.43. The Morgan fingerprint density at radius 1 is 1.10 bits per heavy atom. The summed E-state index contributed by atoms with van der Waals surface area (Å²) in [6, 6.07) is 19.1. The van der Waals surface area contributed by atoms with Gasteiger partial charge in [-0.15, -0.1) is 34.2 Å². The molecule has 7 heteroatoms. The Kier molecular flexibility index (Phi) is 8.24. The van der Waals surface area contributed by atoms with Gasteiger partial charge in [-0.2, -0.15) is 0 Å². The van der Waals surface area contributed by atoms with E-state index in [1.807, 2.05) is 0 Å². The van der Waals surface area contributed by atoms with Crippen LogP contribution in [0.3, 0.4) is 0 Å². The van der Waals surface area contributed by atoms with E-state index in [1.165, 1.54) is 16.8 Å². The lowest BCUT2D eigenvalue weighted by Crippen LogP contribution is -2.42. The minimum Gasteiger partial charge on any atom is -0.354 e. The predicted molar refractivity (Wildman–Crippen MR) is 133 cm³/mol. The summed E-state index contributed by atoms with van der Waals surface area (Å²) in [4.78, 5) is 7.26. The molecule has 4 rings (SSSR count). The second-order valence-electron chi connectivity index (χ2n) is 7.19. The summed E-state index contributed by atoms with van der Waals surface area (Å²) >= 11 is 0. The molecule has 0 spiro atoms. The van der Waals surface area contributed by atoms with Crippen LogP contribution in [0.15, 0.2) is 65.9 Å². The van der Waals surface area contributed by atoms with Gasteiger partial charge in [0.25, 0.3) is 0 Å². The number of aliphatic imine (C=N–C) groups is 1. The third-order valence-electron chi connectivity index (χ3n) is 5.30. The van der Waals surface area contributed by atoms with E-state index < -0.39 is 0 Å². The van der Waals surface area contributed by atoms with Gasteiger partial charge in [0.15, 0.2) is 5.96 Å². The first-order valence-electron chi connectivity index (χ1n) is 10.4. The number of fused-ring (bicyclic) bond motifs is 1. The fraction of sp³-hybridized carbons (Fsp3) is 0.348. The third-order valence-corrected chi connectivity index (χ3v) is 5.30. The number of anilines is 1. The highest BCUT2D eigenvalue weighted by Crippen LogP contribution is 2.27. The zero-order valence-corrected chi connectivity index (χ0v) is 19.7. The molecule has 1 aromatic heterocycles. The quantitative estimate of drug-likeness (QED) is 0.296. The van der Waals surface area contributed by atoms with Crippen LogP contribution in [0, 0.1) is 0 Å². The highest BCUT2D eigenvalue weighted by molar-refractivity contribution is 14.0. The lowest BCUT2D eigenvalue weighted by atomic mass is 10.2. The Hall–Kier alpha value is -2.42. The summed E-state index contributed by atoms with van der Waals surface area (Å²) in [6.07, 6.45) is 4.68. The Labute approximate surface area is 195 Å². The van der Waals surface area contributed by atoms with Crippen LogP contribution in [-0.4, -0.2) is 40.4 Å². The first kappa shape index (κ1) is 22.3. The number of aryl methyl sites for hydroxylation is 1. The van der Waals surface area contributed by atoms with Crippen LogP contribution in [0.4, 0.5) is 5.69 Å². The van der Waals surface area contributed by atoms with Crippen molar-refractivity contribution in [3.05, 3.63) is 77.9 Å². The van der Waals surface area contributed by atoms with E-state index in [9.17, 15) is 0 Å². The van der Waals surface area contributed by atoms with E-state index in [1.54, 1.807) is 6.33 Å². The molecule has 0 saturated heterocycles. The number of hydrogen-bond donors (Lipinski definition) is 1. The van der Waals surface area contributed by atoms with Gasteiger partial charge in [0.1, 0.15) is 12.2 Å². The van der Waals surface area contributed by atoms with Crippen LogP contribution in [0.25, 0.3) is 0 Å². The molecule has 0 atom stereocenters. The molecule has 0 unspecified atom stereocenters. The van der Waals surface area contributed by atoms with E-state index in [4.69, 9.17) is 4.99 Å². The van der Waals surface area contributed by atoms with Gasteiger partial charge in [-0.25, -0.2) is 0 Å². The van der Waals surface area contributed by atoms with Crippen molar-refractivity contribution in [2.45, 2.75) is 32.7 Å². The molecule has 2 heterocycles. The number of benzene rings is 2. The molecule has 3 aromatic rings. The minimum atomic E-state index is 0. The first-order valence-corrected chi connectivity index (χ1v) is 10.4. The van der Waals surface area contributed by atoms with Crippen molar-refractivity contribution in [3.8, 4) is 0 Å². The van der Waals surface area contributed by atoms with Crippen molar-refractivity contribution in [2.75, 3.05) is 24.5 Å². The molecular weight excluding hydrogens is 487 g/mol. The molecular formula is C23H29IN6. The summed E-state index contributed by atoms with van der Waals surface area (Å²) in [5.41, 5.74) is 3.96. The van der Waals surface area contributed by atoms with Gasteiger partial charge in [0.05, 0.1) is 0 Å². The summed E-state index contributed by atoms with van der Waals surface area (Å²) < 4.78 is 2.10. The fourth-order valence-electron chi connectivity index (χ4n) is 3.76. The number of guanidine groups is 1. The number of hydrogen-bond acceptors (Lipinski definition) is 3. The molecule has 0 fully saturated rings. The van der Waals surface area contributed by atoms with Gasteiger partial charge in [-0.3, -0.25) is 4.99 Å². The van der Waals surface area contributed by atoms with Crippen LogP contribution in [0.2, 0.25) is 0 Å². The molecule has 2 aromatic carbocycles. The average molecular weight is 516 g/mol. The number of nitrogens with one attached hydrogen (secondary N) is 1. The molecule has 0 bridgehead atoms. The van der Waals surface area contributed by atoms with Crippen molar-refractivity contribution < 1.29 is 0 Å². The van der Waals surface area contributed by atoms with Gasteiger partial charge in [-0.05, 0) is 30.0 Å². The molecule has 1 aliphatic heterocycles. The zero-order valence-electron chi connectivity index (χ0n) is 17.4. The molecule has 0 aliphatic carbocycles. The van der Waals surface area contributed by atoms with Gasteiger partial charge >= 0.3 is 0 Å². The van der Waals surface area contributed by atoms with E-state index in [0.29, 0.717) is 0 Å². The zero-order chi connectivity index (χ0) is 19.9. The van der Waals surface area contributed by atoms with Crippen LogP contribution < -0.4 is 10.2 Å². The average Bonchev–Trinajstić information content (AvgIpc) is 3.40. The molecule has 158 valence electrons. The largest absolute Gasteiger partial charge is 0.354 e. The fourth-order valence-corrected chi connectivity index (χ4v) is 3.76. The second kappa shape index (κ2) is 11.1. The van der Waals surface area contributed by atoms with Gasteiger partial charge in [-0.1, -0.05) is 55.5 Å². The smallest absolute Gasteiger partial charge is 0.198 e. The number of rotatable bonds is 7. The Balaban J connectivity index is 0.00000256. The van der Waals surface area contributed by atoms with E-state index in [2.05, 4.69) is 86.5 Å². The van der Waals surface area contributed by atoms with Crippen molar-refractivity contribution >= 4 is 35.6 Å². The third kappa shape index (κ3) is 5.38. The normalized spacial score (nSPS) is 13.1. The maximum Gasteiger partial charge on any atom is 0.198 e. The van der Waals surface area contributed by atoms with E-state index in [0.717, 1.165) is 57.2 Å². The molecule has 6 nitrogen and oxygen atoms in total. The SMILES string of the molecule is CCc1nncn1CCNC(=NCCc1ccccc1)N1CCc2ccccc21.I. The standard InChI is InChI=1S/C23H28N6.HI/c1-2-22-27-26-18-28(22)17-15-25-23(24-14-12-19-8-4-3-5-9-19)29-16-13-20-10-6-7-11-21(20)29;/h3-11,18H,2,12-17H2,1H3,(H,24,25);1H. The van der Waals surface area contributed by atoms with Crippen LogP contribution in [0.5, 0.6) is 0 Å². The van der Waals surface area contributed by atoms with E-state index in [-0.39, 0.29) is 24.0 Å². The van der Waals surface area contributed by atoms with Gasteiger partial charge < -0.3 is 14.8 Å². The second-order valence-corrected chi connectivity index (χ2v) is 7.19. The molecule has 0 saturated carbocycles. The number of nitrogens with zero attached hydrogens (tertiary/aromatic N) is 5. The van der Waals surface area contributed by atoms with Gasteiger partial charge in [0.2, 0.25) is 0 Å². The summed E-state index contributed by atoms with van der Waals surface area (Å²) in [5, 5.41) is 11.8. The predicted octanol–water partition coefficient (Wildman–Crippen LogP) is 3.71. The molecule has 1 aliphatic rings. The topological polar surface area (TPSA) is 58.3 Å². The lowest BCUT2D eigenvalue weighted by molar-refractivity contribution is 0.636. The minimum absolute atomic E-state index is 0. The van der Waals surface area contributed by atoms with Crippen LogP contribution in [0.1, 0.15) is 23.9 Å². The van der Waals surface area contributed by atoms with Crippen molar-refractivity contribution in [2.24, 2.45) is 4.99 Å². The molecule has 1 N–H and O–H groups in total. The number of halogens is 1. The van der Waals surface area contributed by atoms with Crippen molar-refractivity contribution in [3.63, 3.8) is 0 Å². The lowest BCUT2D eigenvalue weighted by Gasteiger charge is -2.23. The number of aromatic nitrogens is 3. The first-order chi connectivity index (χ1) is 14.3. The van der Waals surface area contributed by atoms with Crippen molar-refractivity contribution in [1.82, 2.24) is 20.1 Å². The number of para-hydroxylation sites is 1. The van der Waals surface area contributed by atoms with Crippen LogP contribution >= 0.6 is 24.0 Å².